The van der Waals surface area contributed by atoms with Crippen LogP contribution in [0, 0.1) is 0 Å². The lowest BCUT2D eigenvalue weighted by Crippen LogP contribution is -2.37. The molecule has 3 N–H and O–H groups in total. The van der Waals surface area contributed by atoms with Crippen LogP contribution < -0.4 is 14.8 Å². The Hall–Kier alpha value is -1.00. The van der Waals surface area contributed by atoms with Crippen LogP contribution >= 0.6 is 0 Å². The molecular formula is C14H21N3O4S2. The molecule has 2 aliphatic rings. The van der Waals surface area contributed by atoms with Crippen molar-refractivity contribution in [2.75, 3.05) is 13.1 Å². The highest BCUT2D eigenvalue weighted by atomic mass is 32.2. The first-order chi connectivity index (χ1) is 10.9. The van der Waals surface area contributed by atoms with E-state index in [0.717, 1.165) is 32.2 Å². The van der Waals surface area contributed by atoms with Crippen molar-refractivity contribution in [3.05, 3.63) is 24.3 Å². The number of rotatable bonds is 7. The van der Waals surface area contributed by atoms with Gasteiger partial charge in [-0.25, -0.2) is 26.3 Å². The van der Waals surface area contributed by atoms with E-state index in [-0.39, 0.29) is 21.9 Å². The Labute approximate surface area is 137 Å². The quantitative estimate of drug-likeness (QED) is 0.643. The third kappa shape index (κ3) is 4.30. The summed E-state index contributed by atoms with van der Waals surface area (Å²) in [6.07, 6.45) is 3.62. The highest BCUT2D eigenvalue weighted by molar-refractivity contribution is 7.90. The fourth-order valence-corrected chi connectivity index (χ4v) is 5.07. The third-order valence-electron chi connectivity index (χ3n) is 4.01. The van der Waals surface area contributed by atoms with Crippen molar-refractivity contribution < 1.29 is 16.8 Å². The van der Waals surface area contributed by atoms with Crippen molar-refractivity contribution in [3.8, 4) is 0 Å². The largest absolute Gasteiger partial charge is 0.313 e. The minimum absolute atomic E-state index is 0.0215. The summed E-state index contributed by atoms with van der Waals surface area (Å²) in [5.74, 6) is 0. The van der Waals surface area contributed by atoms with E-state index >= 15 is 0 Å². The van der Waals surface area contributed by atoms with E-state index in [9.17, 15) is 16.8 Å². The molecular weight excluding hydrogens is 338 g/mol. The molecule has 128 valence electrons. The highest BCUT2D eigenvalue weighted by Crippen LogP contribution is 2.23. The van der Waals surface area contributed by atoms with Crippen LogP contribution in [0.2, 0.25) is 0 Å². The second kappa shape index (κ2) is 6.48. The van der Waals surface area contributed by atoms with Gasteiger partial charge in [-0.1, -0.05) is 6.07 Å². The van der Waals surface area contributed by atoms with Crippen molar-refractivity contribution in [2.45, 2.75) is 47.6 Å². The summed E-state index contributed by atoms with van der Waals surface area (Å²) in [5, 5.41) is 3.21. The Kier molecular flexibility index (Phi) is 4.75. The van der Waals surface area contributed by atoms with Gasteiger partial charge >= 0.3 is 0 Å². The molecule has 0 radical (unpaired) electrons. The third-order valence-corrected chi connectivity index (χ3v) is 6.95. The second-order valence-corrected chi connectivity index (χ2v) is 9.50. The standard InChI is InChI=1S/C14H21N3O4S2/c18-22(19,16-10-12-3-2-8-15-12)13-4-1-5-14(9-13)23(20,21)17-11-6-7-11/h1,4-5,9,11-12,15-17H,2-3,6-8,10H2. The van der Waals surface area contributed by atoms with Crippen LogP contribution in [0.1, 0.15) is 25.7 Å². The van der Waals surface area contributed by atoms with E-state index in [0.29, 0.717) is 6.54 Å². The molecule has 1 unspecified atom stereocenters. The molecule has 0 aromatic heterocycles. The smallest absolute Gasteiger partial charge is 0.240 e. The average molecular weight is 359 g/mol. The Morgan fingerprint density at radius 1 is 1.04 bits per heavy atom. The normalized spacial score (nSPS) is 22.3. The number of nitrogens with one attached hydrogen (secondary N) is 3. The maximum atomic E-state index is 12.3. The summed E-state index contributed by atoms with van der Waals surface area (Å²) >= 11 is 0. The van der Waals surface area contributed by atoms with Crippen molar-refractivity contribution in [1.29, 1.82) is 0 Å². The summed E-state index contributed by atoms with van der Waals surface area (Å²) < 4.78 is 54.2. The Balaban J connectivity index is 1.74. The Morgan fingerprint density at radius 3 is 2.35 bits per heavy atom. The molecule has 1 saturated carbocycles. The number of hydrogen-bond acceptors (Lipinski definition) is 5. The summed E-state index contributed by atoms with van der Waals surface area (Å²) in [4.78, 5) is -0.0552. The summed E-state index contributed by atoms with van der Waals surface area (Å²) in [6, 6.07) is 5.57. The summed E-state index contributed by atoms with van der Waals surface area (Å²) in [6.45, 7) is 1.20. The second-order valence-electron chi connectivity index (χ2n) is 6.02. The van der Waals surface area contributed by atoms with Crippen molar-refractivity contribution in [3.63, 3.8) is 0 Å². The molecule has 1 aliphatic heterocycles. The minimum Gasteiger partial charge on any atom is -0.313 e. The van der Waals surface area contributed by atoms with Gasteiger partial charge in [-0.2, -0.15) is 0 Å². The predicted molar refractivity (Wildman–Crippen MR) is 86.0 cm³/mol. The van der Waals surface area contributed by atoms with Crippen LogP contribution in [-0.4, -0.2) is 42.0 Å². The molecule has 1 aromatic carbocycles. The molecule has 1 aliphatic carbocycles. The molecule has 2 fully saturated rings. The number of sulfonamides is 2. The van der Waals surface area contributed by atoms with E-state index in [1.807, 2.05) is 0 Å². The lowest BCUT2D eigenvalue weighted by atomic mass is 10.2. The van der Waals surface area contributed by atoms with Gasteiger partial charge in [-0.3, -0.25) is 0 Å². The van der Waals surface area contributed by atoms with Gasteiger partial charge in [-0.15, -0.1) is 0 Å². The summed E-state index contributed by atoms with van der Waals surface area (Å²) in [7, 11) is -7.39. The number of hydrogen-bond donors (Lipinski definition) is 3. The van der Waals surface area contributed by atoms with Crippen molar-refractivity contribution in [2.24, 2.45) is 0 Å². The van der Waals surface area contributed by atoms with E-state index in [1.54, 1.807) is 0 Å². The first-order valence-electron chi connectivity index (χ1n) is 7.72. The fourth-order valence-electron chi connectivity index (χ4n) is 2.52. The molecule has 1 saturated heterocycles. The maximum Gasteiger partial charge on any atom is 0.240 e. The van der Waals surface area contributed by atoms with Crippen LogP contribution in [0.25, 0.3) is 0 Å². The van der Waals surface area contributed by atoms with Gasteiger partial charge in [0.2, 0.25) is 20.0 Å². The zero-order chi connectivity index (χ0) is 16.5. The molecule has 1 atom stereocenters. The molecule has 3 rings (SSSR count). The fraction of sp³-hybridized carbons (Fsp3) is 0.571. The molecule has 9 heteroatoms. The zero-order valence-electron chi connectivity index (χ0n) is 12.7. The van der Waals surface area contributed by atoms with Gasteiger partial charge in [0.1, 0.15) is 0 Å². The maximum absolute atomic E-state index is 12.3. The van der Waals surface area contributed by atoms with E-state index < -0.39 is 20.0 Å². The van der Waals surface area contributed by atoms with Crippen molar-refractivity contribution in [1.82, 2.24) is 14.8 Å². The van der Waals surface area contributed by atoms with Gasteiger partial charge in [0.05, 0.1) is 9.79 Å². The molecule has 1 aromatic rings. The number of benzene rings is 1. The molecule has 7 nitrogen and oxygen atoms in total. The predicted octanol–water partition coefficient (Wildman–Crippen LogP) is 0.158. The van der Waals surface area contributed by atoms with Gasteiger partial charge < -0.3 is 5.32 Å². The topological polar surface area (TPSA) is 104 Å². The molecule has 0 amide bonds. The van der Waals surface area contributed by atoms with E-state index in [1.165, 1.54) is 24.3 Å². The minimum atomic E-state index is -3.73. The van der Waals surface area contributed by atoms with Crippen LogP contribution in [-0.2, 0) is 20.0 Å². The van der Waals surface area contributed by atoms with E-state index in [4.69, 9.17) is 0 Å². The van der Waals surface area contributed by atoms with Crippen LogP contribution in [0.15, 0.2) is 34.1 Å². The van der Waals surface area contributed by atoms with Crippen LogP contribution in [0.5, 0.6) is 0 Å². The molecule has 23 heavy (non-hydrogen) atoms. The van der Waals surface area contributed by atoms with Crippen LogP contribution in [0.4, 0.5) is 0 Å². The van der Waals surface area contributed by atoms with Gasteiger partial charge in [0.25, 0.3) is 0 Å². The van der Waals surface area contributed by atoms with Gasteiger partial charge in [-0.05, 0) is 50.4 Å². The van der Waals surface area contributed by atoms with Crippen molar-refractivity contribution >= 4 is 20.0 Å². The molecule has 0 bridgehead atoms. The molecule has 1 heterocycles. The molecule has 0 spiro atoms. The summed E-state index contributed by atoms with van der Waals surface area (Å²) in [5.41, 5.74) is 0. The first kappa shape index (κ1) is 16.8. The Bertz CT molecular complexity index is 767. The first-order valence-corrected chi connectivity index (χ1v) is 10.7. The SMILES string of the molecule is O=S(=O)(NCC1CCCN1)c1cccc(S(=O)(=O)NC2CC2)c1. The monoisotopic (exact) mass is 359 g/mol. The Morgan fingerprint density at radius 2 is 1.74 bits per heavy atom. The van der Waals surface area contributed by atoms with Gasteiger partial charge in [0.15, 0.2) is 0 Å². The zero-order valence-corrected chi connectivity index (χ0v) is 14.3. The van der Waals surface area contributed by atoms with E-state index in [2.05, 4.69) is 14.8 Å². The lowest BCUT2D eigenvalue weighted by molar-refractivity contribution is 0.551. The lowest BCUT2D eigenvalue weighted by Gasteiger charge is -2.13. The van der Waals surface area contributed by atoms with Crippen LogP contribution in [0.3, 0.4) is 0 Å². The highest BCUT2D eigenvalue weighted by Gasteiger charge is 2.28. The van der Waals surface area contributed by atoms with Gasteiger partial charge in [0, 0.05) is 18.6 Å². The average Bonchev–Trinajstić information content (AvgIpc) is 3.16.